The highest BCUT2D eigenvalue weighted by atomic mass is 16.7. The monoisotopic (exact) mass is 296 g/mol. The zero-order chi connectivity index (χ0) is 15.5. The maximum Gasteiger partial charge on any atom is 0.231 e. The number of ether oxygens (including phenoxy) is 2. The lowest BCUT2D eigenvalue weighted by molar-refractivity contribution is -0.196. The summed E-state index contributed by atoms with van der Waals surface area (Å²) in [5.41, 5.74) is 0.399. The predicted molar refractivity (Wildman–Crippen MR) is 78.0 cm³/mol. The molecule has 0 saturated carbocycles. The first-order valence-electron chi connectivity index (χ1n) is 7.41. The second-order valence-electron chi connectivity index (χ2n) is 6.05. The van der Waals surface area contributed by atoms with Gasteiger partial charge in [0.15, 0.2) is 6.29 Å². The fourth-order valence-corrected chi connectivity index (χ4v) is 2.24. The molecule has 1 amide bonds. The molecular weight excluding hydrogens is 272 g/mol. The number of carbonyl (C=O) groups is 1. The Morgan fingerprint density at radius 1 is 1.52 bits per heavy atom. The third-order valence-corrected chi connectivity index (χ3v) is 3.98. The van der Waals surface area contributed by atoms with E-state index in [4.69, 9.17) is 14.0 Å². The Morgan fingerprint density at radius 3 is 2.90 bits per heavy atom. The van der Waals surface area contributed by atoms with Crippen LogP contribution in [0.15, 0.2) is 10.6 Å². The lowest BCUT2D eigenvalue weighted by atomic mass is 9.84. The summed E-state index contributed by atoms with van der Waals surface area (Å²) in [7, 11) is 0. The molecule has 0 aliphatic carbocycles. The smallest absolute Gasteiger partial charge is 0.231 e. The third-order valence-electron chi connectivity index (χ3n) is 3.98. The number of amides is 1. The van der Waals surface area contributed by atoms with Gasteiger partial charge >= 0.3 is 0 Å². The van der Waals surface area contributed by atoms with Gasteiger partial charge in [-0.05, 0) is 26.2 Å². The van der Waals surface area contributed by atoms with Crippen LogP contribution in [0.1, 0.15) is 52.7 Å². The van der Waals surface area contributed by atoms with Gasteiger partial charge in [-0.25, -0.2) is 0 Å². The van der Waals surface area contributed by atoms with Crippen LogP contribution in [0.3, 0.4) is 0 Å². The van der Waals surface area contributed by atoms with Crippen LogP contribution in [0.2, 0.25) is 0 Å². The van der Waals surface area contributed by atoms with Gasteiger partial charge in [0.25, 0.3) is 0 Å². The Kier molecular flexibility index (Phi) is 5.00. The molecular formula is C15H24N2O4. The van der Waals surface area contributed by atoms with Gasteiger partial charge in [0.2, 0.25) is 11.8 Å². The topological polar surface area (TPSA) is 73.6 Å². The number of hydrogen-bond acceptors (Lipinski definition) is 5. The van der Waals surface area contributed by atoms with E-state index in [0.717, 1.165) is 31.6 Å². The van der Waals surface area contributed by atoms with Crippen molar-refractivity contribution in [2.75, 3.05) is 11.9 Å². The summed E-state index contributed by atoms with van der Waals surface area (Å²) in [6, 6.07) is 1.74. The number of carbonyl (C=O) groups excluding carboxylic acids is 1. The minimum atomic E-state index is -0.346. The number of rotatable bonds is 5. The van der Waals surface area contributed by atoms with E-state index in [9.17, 15) is 4.79 Å². The number of nitrogens with zero attached hydrogens (tertiary/aromatic N) is 1. The molecule has 2 heterocycles. The fraction of sp³-hybridized carbons (Fsp3) is 0.733. The standard InChI is InChI=1S/C15H24N2O4/c1-10(20-14-7-5-6-8-19-14)15(3,4)12-9-13(21-17-12)16-11(2)18/h9-10,14H,5-8H2,1-4H3,(H,16,18). The maximum absolute atomic E-state index is 11.0. The molecule has 6 nitrogen and oxygen atoms in total. The lowest BCUT2D eigenvalue weighted by Gasteiger charge is -2.34. The van der Waals surface area contributed by atoms with Crippen molar-refractivity contribution < 1.29 is 18.8 Å². The largest absolute Gasteiger partial charge is 0.353 e. The molecule has 1 fully saturated rings. The van der Waals surface area contributed by atoms with Crippen LogP contribution in [0, 0.1) is 0 Å². The zero-order valence-electron chi connectivity index (χ0n) is 13.1. The number of hydrogen-bond donors (Lipinski definition) is 1. The molecule has 1 saturated heterocycles. The Labute approximate surface area is 125 Å². The van der Waals surface area contributed by atoms with E-state index in [1.165, 1.54) is 6.92 Å². The van der Waals surface area contributed by atoms with Crippen molar-refractivity contribution >= 4 is 11.8 Å². The molecule has 1 aromatic heterocycles. The average molecular weight is 296 g/mol. The molecule has 0 spiro atoms. The van der Waals surface area contributed by atoms with E-state index in [1.807, 2.05) is 20.8 Å². The molecule has 2 unspecified atom stereocenters. The van der Waals surface area contributed by atoms with Crippen LogP contribution in [0.4, 0.5) is 5.88 Å². The second kappa shape index (κ2) is 6.58. The Bertz CT molecular complexity index is 478. The highest BCUT2D eigenvalue weighted by Crippen LogP contribution is 2.31. The predicted octanol–water partition coefficient (Wildman–Crippen LogP) is 2.84. The van der Waals surface area contributed by atoms with Crippen molar-refractivity contribution in [3.63, 3.8) is 0 Å². The van der Waals surface area contributed by atoms with E-state index < -0.39 is 0 Å². The van der Waals surface area contributed by atoms with Crippen molar-refractivity contribution in [1.29, 1.82) is 0 Å². The maximum atomic E-state index is 11.0. The van der Waals surface area contributed by atoms with E-state index in [0.29, 0.717) is 5.88 Å². The zero-order valence-corrected chi connectivity index (χ0v) is 13.1. The van der Waals surface area contributed by atoms with Crippen LogP contribution in [-0.2, 0) is 19.7 Å². The lowest BCUT2D eigenvalue weighted by Crippen LogP contribution is -2.38. The first-order chi connectivity index (χ1) is 9.89. The van der Waals surface area contributed by atoms with E-state index in [-0.39, 0.29) is 23.7 Å². The molecule has 2 atom stereocenters. The van der Waals surface area contributed by atoms with Crippen LogP contribution in [0.5, 0.6) is 0 Å². The van der Waals surface area contributed by atoms with Crippen molar-refractivity contribution in [2.24, 2.45) is 0 Å². The summed E-state index contributed by atoms with van der Waals surface area (Å²) in [6.45, 7) is 8.27. The molecule has 118 valence electrons. The fourth-order valence-electron chi connectivity index (χ4n) is 2.24. The molecule has 0 radical (unpaired) electrons. The van der Waals surface area contributed by atoms with Gasteiger partial charge in [-0.2, -0.15) is 0 Å². The highest BCUT2D eigenvalue weighted by molar-refractivity contribution is 5.87. The summed E-state index contributed by atoms with van der Waals surface area (Å²) < 4.78 is 16.8. The number of anilines is 1. The molecule has 1 N–H and O–H groups in total. The Hall–Kier alpha value is -1.40. The third kappa shape index (κ3) is 4.04. The normalized spacial score (nSPS) is 21.0. The second-order valence-corrected chi connectivity index (χ2v) is 6.05. The van der Waals surface area contributed by atoms with Gasteiger partial charge in [-0.15, -0.1) is 0 Å². The average Bonchev–Trinajstić information content (AvgIpc) is 2.88. The van der Waals surface area contributed by atoms with Gasteiger partial charge in [0.05, 0.1) is 11.8 Å². The summed E-state index contributed by atoms with van der Waals surface area (Å²) in [4.78, 5) is 11.0. The van der Waals surface area contributed by atoms with Crippen molar-refractivity contribution in [3.8, 4) is 0 Å². The molecule has 6 heteroatoms. The van der Waals surface area contributed by atoms with Gasteiger partial charge in [0, 0.05) is 25.0 Å². The van der Waals surface area contributed by atoms with Crippen molar-refractivity contribution in [2.45, 2.75) is 64.8 Å². The number of nitrogens with one attached hydrogen (secondary N) is 1. The van der Waals surface area contributed by atoms with E-state index in [2.05, 4.69) is 10.5 Å². The van der Waals surface area contributed by atoms with Crippen LogP contribution < -0.4 is 5.32 Å². The number of aromatic nitrogens is 1. The molecule has 1 aliphatic rings. The van der Waals surface area contributed by atoms with E-state index >= 15 is 0 Å². The van der Waals surface area contributed by atoms with Gasteiger partial charge in [-0.1, -0.05) is 19.0 Å². The molecule has 2 rings (SSSR count). The molecule has 0 bridgehead atoms. The minimum absolute atomic E-state index is 0.0871. The highest BCUT2D eigenvalue weighted by Gasteiger charge is 2.34. The summed E-state index contributed by atoms with van der Waals surface area (Å²) in [5.74, 6) is 0.169. The van der Waals surface area contributed by atoms with Crippen molar-refractivity contribution in [1.82, 2.24) is 5.16 Å². The SMILES string of the molecule is CC(=O)Nc1cc(C(C)(C)C(C)OC2CCCCO2)no1. The molecule has 1 aromatic rings. The summed E-state index contributed by atoms with van der Waals surface area (Å²) >= 11 is 0. The first-order valence-corrected chi connectivity index (χ1v) is 7.41. The van der Waals surface area contributed by atoms with Gasteiger partial charge < -0.3 is 14.0 Å². The Balaban J connectivity index is 2.01. The summed E-state index contributed by atoms with van der Waals surface area (Å²) in [5, 5.41) is 6.63. The Morgan fingerprint density at radius 2 is 2.29 bits per heavy atom. The van der Waals surface area contributed by atoms with Crippen LogP contribution in [0.25, 0.3) is 0 Å². The molecule has 1 aliphatic heterocycles. The minimum Gasteiger partial charge on any atom is -0.353 e. The summed E-state index contributed by atoms with van der Waals surface area (Å²) in [6.07, 6.45) is 2.93. The van der Waals surface area contributed by atoms with E-state index in [1.54, 1.807) is 6.07 Å². The van der Waals surface area contributed by atoms with Crippen LogP contribution >= 0.6 is 0 Å². The van der Waals surface area contributed by atoms with Gasteiger partial charge in [-0.3, -0.25) is 10.1 Å². The molecule has 21 heavy (non-hydrogen) atoms. The van der Waals surface area contributed by atoms with Crippen LogP contribution in [-0.4, -0.2) is 30.1 Å². The molecule has 0 aromatic carbocycles. The first kappa shape index (κ1) is 16.0. The van der Waals surface area contributed by atoms with Gasteiger partial charge in [0.1, 0.15) is 0 Å². The van der Waals surface area contributed by atoms with Crippen molar-refractivity contribution in [3.05, 3.63) is 11.8 Å². The quantitative estimate of drug-likeness (QED) is 0.904.